The third-order valence-corrected chi connectivity index (χ3v) is 4.05. The number of aryl methyl sites for hydroxylation is 1. The Balaban J connectivity index is 1.90. The van der Waals surface area contributed by atoms with Gasteiger partial charge in [0.1, 0.15) is 0 Å². The number of rotatable bonds is 5. The van der Waals surface area contributed by atoms with Crippen molar-refractivity contribution in [3.05, 3.63) is 42.0 Å². The number of para-hydroxylation sites is 1. The molecule has 0 saturated heterocycles. The number of carbonyl (C=O) groups is 2. The number of anilines is 1. The predicted octanol–water partition coefficient (Wildman–Crippen LogP) is 3.00. The van der Waals surface area contributed by atoms with Gasteiger partial charge in [-0.15, -0.1) is 0 Å². The first kappa shape index (κ1) is 16.3. The van der Waals surface area contributed by atoms with Crippen LogP contribution >= 0.6 is 0 Å². The zero-order valence-electron chi connectivity index (χ0n) is 13.3. The van der Waals surface area contributed by atoms with Gasteiger partial charge in [0.15, 0.2) is 0 Å². The van der Waals surface area contributed by atoms with Crippen molar-refractivity contribution < 1.29 is 9.59 Å². The monoisotopic (exact) mass is 300 g/mol. The first-order chi connectivity index (χ1) is 10.6. The van der Waals surface area contributed by atoms with E-state index < -0.39 is 0 Å². The molecular weight excluding hydrogens is 276 g/mol. The van der Waals surface area contributed by atoms with Gasteiger partial charge in [-0.2, -0.15) is 0 Å². The summed E-state index contributed by atoms with van der Waals surface area (Å²) in [5.74, 6) is -0.0721. The molecule has 0 heterocycles. The molecule has 4 nitrogen and oxygen atoms in total. The summed E-state index contributed by atoms with van der Waals surface area (Å²) >= 11 is 0. The van der Waals surface area contributed by atoms with Crippen LogP contribution < -0.4 is 5.32 Å². The molecule has 0 bridgehead atoms. The average Bonchev–Trinajstić information content (AvgIpc) is 2.55. The summed E-state index contributed by atoms with van der Waals surface area (Å²) < 4.78 is 0. The van der Waals surface area contributed by atoms with Gasteiger partial charge in [-0.3, -0.25) is 9.59 Å². The fourth-order valence-electron chi connectivity index (χ4n) is 2.76. The zero-order chi connectivity index (χ0) is 15.9. The molecule has 1 aromatic rings. The van der Waals surface area contributed by atoms with Crippen LogP contribution in [0.25, 0.3) is 0 Å². The highest BCUT2D eigenvalue weighted by Crippen LogP contribution is 2.20. The standard InChI is InChI=1S/C18H24N2O2/c1-3-14-9-7-8-12-16(14)19-17(21)13-20(2)18(22)15-10-5-4-6-11-15/h4-5,7-9,12,15H,3,6,10-11,13H2,1-2H3,(H,19,21). The molecule has 118 valence electrons. The number of likely N-dealkylation sites (N-methyl/N-ethyl adjacent to an activating group) is 1. The lowest BCUT2D eigenvalue weighted by atomic mass is 9.93. The third-order valence-electron chi connectivity index (χ3n) is 4.05. The first-order valence-electron chi connectivity index (χ1n) is 7.89. The van der Waals surface area contributed by atoms with E-state index in [4.69, 9.17) is 0 Å². The molecule has 0 aliphatic heterocycles. The van der Waals surface area contributed by atoms with E-state index in [9.17, 15) is 9.59 Å². The lowest BCUT2D eigenvalue weighted by Crippen LogP contribution is -2.38. The summed E-state index contributed by atoms with van der Waals surface area (Å²) in [4.78, 5) is 26.0. The summed E-state index contributed by atoms with van der Waals surface area (Å²) in [5, 5.41) is 2.90. The van der Waals surface area contributed by atoms with E-state index in [1.54, 1.807) is 7.05 Å². The van der Waals surface area contributed by atoms with E-state index >= 15 is 0 Å². The maximum Gasteiger partial charge on any atom is 0.243 e. The van der Waals surface area contributed by atoms with Crippen LogP contribution in [0.5, 0.6) is 0 Å². The normalized spacial score (nSPS) is 17.1. The Morgan fingerprint density at radius 3 is 2.73 bits per heavy atom. The summed E-state index contributed by atoms with van der Waals surface area (Å²) in [6, 6.07) is 7.75. The molecule has 1 atom stereocenters. The number of allylic oxidation sites excluding steroid dienone is 2. The van der Waals surface area contributed by atoms with Crippen molar-refractivity contribution in [1.82, 2.24) is 4.90 Å². The number of nitrogens with zero attached hydrogens (tertiary/aromatic N) is 1. The topological polar surface area (TPSA) is 49.4 Å². The molecule has 0 radical (unpaired) electrons. The van der Waals surface area contributed by atoms with Crippen molar-refractivity contribution >= 4 is 17.5 Å². The predicted molar refractivity (Wildman–Crippen MR) is 88.6 cm³/mol. The highest BCUT2D eigenvalue weighted by Gasteiger charge is 2.23. The van der Waals surface area contributed by atoms with Crippen molar-refractivity contribution in [2.75, 3.05) is 18.9 Å². The number of benzene rings is 1. The van der Waals surface area contributed by atoms with Gasteiger partial charge in [0.05, 0.1) is 6.54 Å². The van der Waals surface area contributed by atoms with Gasteiger partial charge in [0.25, 0.3) is 0 Å². The number of amides is 2. The third kappa shape index (κ3) is 4.20. The Bertz CT molecular complexity index is 566. The van der Waals surface area contributed by atoms with Gasteiger partial charge in [-0.25, -0.2) is 0 Å². The van der Waals surface area contributed by atoms with Crippen LogP contribution in [-0.4, -0.2) is 30.3 Å². The smallest absolute Gasteiger partial charge is 0.243 e. The quantitative estimate of drug-likeness (QED) is 0.850. The van der Waals surface area contributed by atoms with E-state index in [1.165, 1.54) is 4.90 Å². The van der Waals surface area contributed by atoms with Crippen LogP contribution in [0, 0.1) is 5.92 Å². The number of hydrogen-bond donors (Lipinski definition) is 1. The number of hydrogen-bond acceptors (Lipinski definition) is 2. The van der Waals surface area contributed by atoms with E-state index in [1.807, 2.05) is 24.3 Å². The SMILES string of the molecule is CCc1ccccc1NC(=O)CN(C)C(=O)C1CC=CCC1. The van der Waals surface area contributed by atoms with Gasteiger partial charge in [0, 0.05) is 18.7 Å². The van der Waals surface area contributed by atoms with Crippen molar-refractivity contribution in [3.63, 3.8) is 0 Å². The molecular formula is C18H24N2O2. The van der Waals surface area contributed by atoms with Crippen LogP contribution in [-0.2, 0) is 16.0 Å². The molecule has 4 heteroatoms. The lowest BCUT2D eigenvalue weighted by molar-refractivity contribution is -0.137. The molecule has 0 fully saturated rings. The van der Waals surface area contributed by atoms with Gasteiger partial charge < -0.3 is 10.2 Å². The van der Waals surface area contributed by atoms with Crippen molar-refractivity contribution in [2.45, 2.75) is 32.6 Å². The maximum atomic E-state index is 12.3. The van der Waals surface area contributed by atoms with Gasteiger partial charge in [-0.05, 0) is 37.3 Å². The first-order valence-corrected chi connectivity index (χ1v) is 7.89. The van der Waals surface area contributed by atoms with Crippen molar-refractivity contribution in [1.29, 1.82) is 0 Å². The minimum Gasteiger partial charge on any atom is -0.336 e. The Morgan fingerprint density at radius 1 is 1.27 bits per heavy atom. The second-order valence-electron chi connectivity index (χ2n) is 5.73. The molecule has 2 amide bonds. The minimum atomic E-state index is -0.150. The molecule has 1 aliphatic rings. The fourth-order valence-corrected chi connectivity index (χ4v) is 2.76. The molecule has 1 aliphatic carbocycles. The number of nitrogens with one attached hydrogen (secondary N) is 1. The van der Waals surface area contributed by atoms with Gasteiger partial charge in [-0.1, -0.05) is 37.3 Å². The van der Waals surface area contributed by atoms with E-state index in [0.29, 0.717) is 0 Å². The van der Waals surface area contributed by atoms with Crippen molar-refractivity contribution in [3.8, 4) is 0 Å². The van der Waals surface area contributed by atoms with Gasteiger partial charge >= 0.3 is 0 Å². The summed E-state index contributed by atoms with van der Waals surface area (Å²) in [7, 11) is 1.70. The Hall–Kier alpha value is -2.10. The molecule has 1 N–H and O–H groups in total. The van der Waals surface area contributed by atoms with Crippen LogP contribution in [0.2, 0.25) is 0 Å². The maximum absolute atomic E-state index is 12.3. The van der Waals surface area contributed by atoms with Crippen LogP contribution in [0.3, 0.4) is 0 Å². The second kappa shape index (κ2) is 7.78. The highest BCUT2D eigenvalue weighted by atomic mass is 16.2. The molecule has 2 rings (SSSR count). The Labute approximate surface area is 132 Å². The molecule has 0 aromatic heterocycles. The summed E-state index contributed by atoms with van der Waals surface area (Å²) in [6.07, 6.45) is 7.62. The van der Waals surface area contributed by atoms with Crippen LogP contribution in [0.4, 0.5) is 5.69 Å². The molecule has 0 spiro atoms. The number of carbonyl (C=O) groups excluding carboxylic acids is 2. The largest absolute Gasteiger partial charge is 0.336 e. The molecule has 1 aromatic carbocycles. The minimum absolute atomic E-state index is 0.0192. The molecule has 1 unspecified atom stereocenters. The lowest BCUT2D eigenvalue weighted by Gasteiger charge is -2.24. The zero-order valence-corrected chi connectivity index (χ0v) is 13.3. The molecule has 22 heavy (non-hydrogen) atoms. The molecule has 0 saturated carbocycles. The Morgan fingerprint density at radius 2 is 2.05 bits per heavy atom. The van der Waals surface area contributed by atoms with Crippen molar-refractivity contribution in [2.24, 2.45) is 5.92 Å². The summed E-state index contributed by atoms with van der Waals surface area (Å²) in [5.41, 5.74) is 1.93. The van der Waals surface area contributed by atoms with Gasteiger partial charge in [0.2, 0.25) is 11.8 Å². The van der Waals surface area contributed by atoms with Crippen LogP contribution in [0.1, 0.15) is 31.7 Å². The Kier molecular flexibility index (Phi) is 5.75. The van der Waals surface area contributed by atoms with E-state index in [0.717, 1.165) is 36.9 Å². The fraction of sp³-hybridized carbons (Fsp3) is 0.444. The average molecular weight is 300 g/mol. The van der Waals surface area contributed by atoms with E-state index in [2.05, 4.69) is 24.4 Å². The summed E-state index contributed by atoms with van der Waals surface area (Å²) in [6.45, 7) is 2.15. The van der Waals surface area contributed by atoms with E-state index in [-0.39, 0.29) is 24.3 Å². The second-order valence-corrected chi connectivity index (χ2v) is 5.73. The van der Waals surface area contributed by atoms with Crippen LogP contribution in [0.15, 0.2) is 36.4 Å². The highest BCUT2D eigenvalue weighted by molar-refractivity contribution is 5.95.